The third-order valence-corrected chi connectivity index (χ3v) is 7.20. The lowest BCUT2D eigenvalue weighted by atomic mass is 10.0. The minimum atomic E-state index is -4.00. The van der Waals surface area contributed by atoms with E-state index in [1.165, 1.54) is 18.2 Å². The molecule has 3 rings (SSSR count). The third kappa shape index (κ3) is 5.14. The van der Waals surface area contributed by atoms with E-state index in [1.54, 1.807) is 6.07 Å². The normalized spacial score (nSPS) is 11.3. The van der Waals surface area contributed by atoms with Crippen LogP contribution in [-0.2, 0) is 22.9 Å². The largest absolute Gasteiger partial charge is 0.321 e. The summed E-state index contributed by atoms with van der Waals surface area (Å²) in [7, 11) is -4.00. The Kier molecular flexibility index (Phi) is 7.26. The highest BCUT2D eigenvalue weighted by molar-refractivity contribution is 7.92. The van der Waals surface area contributed by atoms with Crippen LogP contribution in [0.1, 0.15) is 46.5 Å². The van der Waals surface area contributed by atoms with Crippen LogP contribution in [0.4, 0.5) is 11.4 Å². The second-order valence-electron chi connectivity index (χ2n) is 7.68. The highest BCUT2D eigenvalue weighted by Gasteiger charge is 2.22. The van der Waals surface area contributed by atoms with Gasteiger partial charge in [0, 0.05) is 11.3 Å². The average Bonchev–Trinajstić information content (AvgIpc) is 2.76. The maximum absolute atomic E-state index is 13.1. The van der Waals surface area contributed by atoms with Gasteiger partial charge in [-0.05, 0) is 73.2 Å². The van der Waals surface area contributed by atoms with Crippen LogP contribution in [0.2, 0.25) is 5.02 Å². The Morgan fingerprint density at radius 3 is 2.22 bits per heavy atom. The molecule has 0 atom stereocenters. The van der Waals surface area contributed by atoms with Crippen molar-refractivity contribution in [2.45, 2.75) is 45.4 Å². The molecule has 0 aliphatic rings. The predicted octanol–water partition coefficient (Wildman–Crippen LogP) is 6.13. The smallest absolute Gasteiger partial charge is 0.263 e. The van der Waals surface area contributed by atoms with Crippen LogP contribution in [0.5, 0.6) is 0 Å². The number of carbonyl (C=O) groups is 1. The first-order valence-electron chi connectivity index (χ1n) is 10.5. The Morgan fingerprint density at radius 1 is 0.938 bits per heavy atom. The van der Waals surface area contributed by atoms with Crippen molar-refractivity contribution in [2.24, 2.45) is 0 Å². The van der Waals surface area contributed by atoms with Gasteiger partial charge >= 0.3 is 0 Å². The lowest BCUT2D eigenvalue weighted by molar-refractivity contribution is 0.102. The summed E-state index contributed by atoms with van der Waals surface area (Å²) < 4.78 is 28.8. The molecule has 5 nitrogen and oxygen atoms in total. The first-order chi connectivity index (χ1) is 15.2. The van der Waals surface area contributed by atoms with Gasteiger partial charge in [-0.2, -0.15) is 0 Å². The molecular weight excluding hydrogens is 444 g/mol. The van der Waals surface area contributed by atoms with Gasteiger partial charge in [0.1, 0.15) is 4.90 Å². The van der Waals surface area contributed by atoms with Gasteiger partial charge in [0.25, 0.3) is 15.9 Å². The minimum absolute atomic E-state index is 0.0440. The number of para-hydroxylation sites is 1. The van der Waals surface area contributed by atoms with Crippen molar-refractivity contribution in [3.05, 3.63) is 87.4 Å². The Labute approximate surface area is 194 Å². The number of anilines is 2. The van der Waals surface area contributed by atoms with E-state index >= 15 is 0 Å². The molecule has 0 aromatic heterocycles. The van der Waals surface area contributed by atoms with Crippen LogP contribution in [0, 0.1) is 13.8 Å². The van der Waals surface area contributed by atoms with Crippen molar-refractivity contribution in [1.82, 2.24) is 0 Å². The Bertz CT molecular complexity index is 1250. The summed E-state index contributed by atoms with van der Waals surface area (Å²) in [6, 6.07) is 15.7. The molecular formula is C25H27ClN2O3S. The molecule has 32 heavy (non-hydrogen) atoms. The molecule has 0 saturated carbocycles. The van der Waals surface area contributed by atoms with Gasteiger partial charge in [0.15, 0.2) is 0 Å². The summed E-state index contributed by atoms with van der Waals surface area (Å²) in [5.74, 6) is -0.388. The number of rotatable bonds is 7. The van der Waals surface area contributed by atoms with Crippen molar-refractivity contribution >= 4 is 38.9 Å². The summed E-state index contributed by atoms with van der Waals surface area (Å²) in [5.41, 5.74) is 5.22. The topological polar surface area (TPSA) is 75.3 Å². The van der Waals surface area contributed by atoms with Crippen molar-refractivity contribution in [1.29, 1.82) is 0 Å². The summed E-state index contributed by atoms with van der Waals surface area (Å²) in [6.45, 7) is 7.75. The molecule has 7 heteroatoms. The van der Waals surface area contributed by atoms with Gasteiger partial charge in [-0.15, -0.1) is 0 Å². The Morgan fingerprint density at radius 2 is 1.59 bits per heavy atom. The van der Waals surface area contributed by atoms with E-state index in [-0.39, 0.29) is 21.4 Å². The van der Waals surface area contributed by atoms with Gasteiger partial charge in [-0.1, -0.05) is 55.8 Å². The molecule has 0 aliphatic carbocycles. The summed E-state index contributed by atoms with van der Waals surface area (Å²) in [5, 5.41) is 3.01. The summed E-state index contributed by atoms with van der Waals surface area (Å²) in [4.78, 5) is 12.9. The number of carbonyl (C=O) groups excluding carboxylic acids is 1. The highest BCUT2D eigenvalue weighted by Crippen LogP contribution is 2.28. The van der Waals surface area contributed by atoms with E-state index in [0.29, 0.717) is 5.69 Å². The van der Waals surface area contributed by atoms with E-state index in [0.717, 1.165) is 40.8 Å². The first kappa shape index (κ1) is 23.8. The van der Waals surface area contributed by atoms with E-state index in [1.807, 2.05) is 58.0 Å². The van der Waals surface area contributed by atoms with Crippen molar-refractivity contribution < 1.29 is 13.2 Å². The summed E-state index contributed by atoms with van der Waals surface area (Å²) >= 11 is 6.23. The fourth-order valence-corrected chi connectivity index (χ4v) is 5.13. The standard InChI is InChI=1S/C25H27ClN2O3S/c1-5-18-8-7-9-19(6-2)24(18)27-25(29)20-12-13-21(26)23(15-20)32(30,31)28-22-14-16(3)10-11-17(22)4/h7-15,28H,5-6H2,1-4H3,(H,27,29). The fraction of sp³-hybridized carbons (Fsp3) is 0.240. The number of hydrogen-bond donors (Lipinski definition) is 2. The van der Waals surface area contributed by atoms with E-state index in [2.05, 4.69) is 10.0 Å². The molecule has 0 fully saturated rings. The van der Waals surface area contributed by atoms with E-state index < -0.39 is 10.0 Å². The monoisotopic (exact) mass is 470 g/mol. The second-order valence-corrected chi connectivity index (χ2v) is 9.74. The number of halogens is 1. The average molecular weight is 471 g/mol. The number of benzene rings is 3. The molecule has 1 amide bonds. The van der Waals surface area contributed by atoms with Crippen molar-refractivity contribution in [3.63, 3.8) is 0 Å². The zero-order chi connectivity index (χ0) is 23.5. The molecule has 0 heterocycles. The predicted molar refractivity (Wildman–Crippen MR) is 131 cm³/mol. The molecule has 0 radical (unpaired) electrons. The van der Waals surface area contributed by atoms with Crippen LogP contribution in [0.25, 0.3) is 0 Å². The lowest BCUT2D eigenvalue weighted by Gasteiger charge is -2.16. The van der Waals surface area contributed by atoms with E-state index in [4.69, 9.17) is 11.6 Å². The van der Waals surface area contributed by atoms with Gasteiger partial charge in [-0.25, -0.2) is 8.42 Å². The van der Waals surface area contributed by atoms with Crippen LogP contribution >= 0.6 is 11.6 Å². The minimum Gasteiger partial charge on any atom is -0.321 e. The number of hydrogen-bond acceptors (Lipinski definition) is 3. The van der Waals surface area contributed by atoms with Crippen molar-refractivity contribution in [3.8, 4) is 0 Å². The molecule has 0 saturated heterocycles. The lowest BCUT2D eigenvalue weighted by Crippen LogP contribution is -2.18. The number of sulfonamides is 1. The molecule has 0 bridgehead atoms. The Hall–Kier alpha value is -2.83. The third-order valence-electron chi connectivity index (χ3n) is 5.36. The van der Waals surface area contributed by atoms with Gasteiger partial charge < -0.3 is 5.32 Å². The second kappa shape index (κ2) is 9.76. The molecule has 0 unspecified atom stereocenters. The van der Waals surface area contributed by atoms with Crippen LogP contribution in [-0.4, -0.2) is 14.3 Å². The number of amides is 1. The SMILES string of the molecule is CCc1cccc(CC)c1NC(=O)c1ccc(Cl)c(S(=O)(=O)Nc2cc(C)ccc2C)c1. The maximum Gasteiger partial charge on any atom is 0.263 e. The van der Waals surface area contributed by atoms with Gasteiger partial charge in [0.2, 0.25) is 0 Å². The number of aryl methyl sites for hydroxylation is 4. The summed E-state index contributed by atoms with van der Waals surface area (Å²) in [6.07, 6.45) is 1.53. The first-order valence-corrected chi connectivity index (χ1v) is 12.3. The van der Waals surface area contributed by atoms with Crippen LogP contribution in [0.3, 0.4) is 0 Å². The quantitative estimate of drug-likeness (QED) is 0.435. The molecule has 168 valence electrons. The van der Waals surface area contributed by atoms with Gasteiger partial charge in [0.05, 0.1) is 10.7 Å². The van der Waals surface area contributed by atoms with Crippen LogP contribution < -0.4 is 10.0 Å². The maximum atomic E-state index is 13.1. The molecule has 3 aromatic carbocycles. The molecule has 3 aromatic rings. The van der Waals surface area contributed by atoms with Gasteiger partial charge in [-0.3, -0.25) is 9.52 Å². The number of nitrogens with one attached hydrogen (secondary N) is 2. The molecule has 0 spiro atoms. The van der Waals surface area contributed by atoms with Crippen molar-refractivity contribution in [2.75, 3.05) is 10.0 Å². The highest BCUT2D eigenvalue weighted by atomic mass is 35.5. The zero-order valence-electron chi connectivity index (χ0n) is 18.6. The Balaban J connectivity index is 1.95. The molecule has 0 aliphatic heterocycles. The van der Waals surface area contributed by atoms with E-state index in [9.17, 15) is 13.2 Å². The van der Waals surface area contributed by atoms with Crippen LogP contribution in [0.15, 0.2) is 59.5 Å². The zero-order valence-corrected chi connectivity index (χ0v) is 20.2. The fourth-order valence-electron chi connectivity index (χ4n) is 3.48. The molecule has 2 N–H and O–H groups in total.